The largest absolute Gasteiger partial charge is 0.325 e. The summed E-state index contributed by atoms with van der Waals surface area (Å²) in [5.74, 6) is -1.16. The zero-order valence-corrected chi connectivity index (χ0v) is 15.7. The molecule has 2 aromatic carbocycles. The first-order chi connectivity index (χ1) is 11.7. The highest BCUT2D eigenvalue weighted by Crippen LogP contribution is 2.20. The molecule has 1 atom stereocenters. The average Bonchev–Trinajstić information content (AvgIpc) is 2.53. The third kappa shape index (κ3) is 5.82. The van der Waals surface area contributed by atoms with Gasteiger partial charge in [0.25, 0.3) is 5.91 Å². The van der Waals surface area contributed by atoms with E-state index in [1.807, 2.05) is 20.8 Å². The van der Waals surface area contributed by atoms with Crippen molar-refractivity contribution in [1.82, 2.24) is 0 Å². The van der Waals surface area contributed by atoms with Gasteiger partial charge in [-0.15, -0.1) is 12.4 Å². The normalized spacial score (nSPS) is 11.9. The molecule has 0 bridgehead atoms. The van der Waals surface area contributed by atoms with Crippen LogP contribution >= 0.6 is 12.4 Å². The van der Waals surface area contributed by atoms with Crippen molar-refractivity contribution < 1.29 is 14.0 Å². The van der Waals surface area contributed by atoms with Crippen molar-refractivity contribution in [3.63, 3.8) is 0 Å². The highest BCUT2D eigenvalue weighted by atomic mass is 35.5. The van der Waals surface area contributed by atoms with Gasteiger partial charge in [0.2, 0.25) is 5.91 Å². The number of amides is 2. The highest BCUT2D eigenvalue weighted by Gasteiger charge is 2.27. The first-order valence-electron chi connectivity index (χ1n) is 7.90. The van der Waals surface area contributed by atoms with Crippen molar-refractivity contribution >= 4 is 35.6 Å². The number of carbonyl (C=O) groups excluding carboxylic acids is 2. The van der Waals surface area contributed by atoms with Gasteiger partial charge < -0.3 is 16.4 Å². The number of hydrogen-bond donors (Lipinski definition) is 3. The molecule has 0 saturated carbocycles. The molecule has 0 heterocycles. The predicted octanol–water partition coefficient (Wildman–Crippen LogP) is 3.81. The maximum atomic E-state index is 13.2. The topological polar surface area (TPSA) is 84.2 Å². The van der Waals surface area contributed by atoms with Crippen LogP contribution in [0.3, 0.4) is 0 Å². The van der Waals surface area contributed by atoms with Gasteiger partial charge in [-0.2, -0.15) is 0 Å². The molecule has 0 saturated heterocycles. The van der Waals surface area contributed by atoms with E-state index in [9.17, 15) is 14.0 Å². The summed E-state index contributed by atoms with van der Waals surface area (Å²) in [7, 11) is 0. The van der Waals surface area contributed by atoms with Crippen LogP contribution in [0.2, 0.25) is 0 Å². The van der Waals surface area contributed by atoms with Crippen LogP contribution in [-0.2, 0) is 4.79 Å². The molecule has 0 fully saturated rings. The molecule has 4 N–H and O–H groups in total. The average molecular weight is 380 g/mol. The Labute approximate surface area is 158 Å². The van der Waals surface area contributed by atoms with Crippen LogP contribution in [0.15, 0.2) is 48.5 Å². The summed E-state index contributed by atoms with van der Waals surface area (Å²) in [5, 5.41) is 5.32. The molecule has 2 rings (SSSR count). The molecule has 140 valence electrons. The maximum Gasteiger partial charge on any atom is 0.255 e. The van der Waals surface area contributed by atoms with Gasteiger partial charge in [0.05, 0.1) is 6.04 Å². The number of nitrogens with one attached hydrogen (secondary N) is 2. The Morgan fingerprint density at radius 1 is 1.00 bits per heavy atom. The zero-order valence-electron chi connectivity index (χ0n) is 14.9. The fourth-order valence-electron chi connectivity index (χ4n) is 2.12. The van der Waals surface area contributed by atoms with Crippen molar-refractivity contribution in [2.45, 2.75) is 26.8 Å². The molecule has 0 aromatic heterocycles. The van der Waals surface area contributed by atoms with Crippen LogP contribution in [0.5, 0.6) is 0 Å². The molecule has 0 radical (unpaired) electrons. The second-order valence-electron chi connectivity index (χ2n) is 6.88. The maximum absolute atomic E-state index is 13.2. The Balaban J connectivity index is 0.00000338. The lowest BCUT2D eigenvalue weighted by atomic mass is 9.87. The Kier molecular flexibility index (Phi) is 7.29. The number of anilines is 2. The number of halogens is 2. The van der Waals surface area contributed by atoms with Crippen molar-refractivity contribution in [2.75, 3.05) is 10.6 Å². The molecule has 0 unspecified atom stereocenters. The van der Waals surface area contributed by atoms with E-state index in [-0.39, 0.29) is 23.7 Å². The standard InChI is InChI=1S/C19H22FN3O2.ClH/c1-19(2,3)16(21)18(25)23-14-8-4-6-12(10-14)17(24)22-15-9-5-7-13(20)11-15;/h4-11,16H,21H2,1-3H3,(H,22,24)(H,23,25);1H/t16-;/m1./s1. The van der Waals surface area contributed by atoms with E-state index in [0.717, 1.165) is 0 Å². The fraction of sp³-hybridized carbons (Fsp3) is 0.263. The summed E-state index contributed by atoms with van der Waals surface area (Å²) in [6.45, 7) is 5.63. The van der Waals surface area contributed by atoms with Crippen LogP contribution in [-0.4, -0.2) is 17.9 Å². The van der Waals surface area contributed by atoms with Gasteiger partial charge in [-0.3, -0.25) is 9.59 Å². The fourth-order valence-corrected chi connectivity index (χ4v) is 2.12. The van der Waals surface area contributed by atoms with Crippen molar-refractivity contribution in [3.8, 4) is 0 Å². The second kappa shape index (κ2) is 8.78. The minimum atomic E-state index is -0.683. The Hall–Kier alpha value is -2.44. The molecular weight excluding hydrogens is 357 g/mol. The van der Waals surface area contributed by atoms with E-state index in [2.05, 4.69) is 10.6 Å². The van der Waals surface area contributed by atoms with Gasteiger partial charge in [-0.1, -0.05) is 32.9 Å². The van der Waals surface area contributed by atoms with Crippen molar-refractivity contribution in [1.29, 1.82) is 0 Å². The predicted molar refractivity (Wildman–Crippen MR) is 104 cm³/mol. The Morgan fingerprint density at radius 3 is 2.15 bits per heavy atom. The van der Waals surface area contributed by atoms with Crippen LogP contribution in [0.25, 0.3) is 0 Å². The molecule has 0 aliphatic heterocycles. The summed E-state index contributed by atoms with van der Waals surface area (Å²) in [6, 6.07) is 11.4. The Morgan fingerprint density at radius 2 is 1.58 bits per heavy atom. The molecule has 7 heteroatoms. The summed E-state index contributed by atoms with van der Waals surface area (Å²) in [4.78, 5) is 24.5. The van der Waals surface area contributed by atoms with Crippen molar-refractivity contribution in [2.24, 2.45) is 11.1 Å². The van der Waals surface area contributed by atoms with Crippen LogP contribution < -0.4 is 16.4 Å². The molecule has 2 amide bonds. The minimum Gasteiger partial charge on any atom is -0.325 e. The van der Waals surface area contributed by atoms with Gasteiger partial charge in [-0.25, -0.2) is 4.39 Å². The van der Waals surface area contributed by atoms with Gasteiger partial charge in [0.1, 0.15) is 5.82 Å². The molecule has 5 nitrogen and oxygen atoms in total. The molecule has 0 aliphatic carbocycles. The van der Waals surface area contributed by atoms with E-state index in [1.165, 1.54) is 18.2 Å². The van der Waals surface area contributed by atoms with E-state index < -0.39 is 17.8 Å². The number of nitrogens with two attached hydrogens (primary N) is 1. The van der Waals surface area contributed by atoms with E-state index in [1.54, 1.807) is 30.3 Å². The zero-order chi connectivity index (χ0) is 18.6. The number of rotatable bonds is 4. The van der Waals surface area contributed by atoms with E-state index in [0.29, 0.717) is 16.9 Å². The first kappa shape index (κ1) is 21.6. The summed E-state index contributed by atoms with van der Waals surface area (Å²) < 4.78 is 13.2. The smallest absolute Gasteiger partial charge is 0.255 e. The molecule has 2 aromatic rings. The summed E-state index contributed by atoms with van der Waals surface area (Å²) >= 11 is 0. The lowest BCUT2D eigenvalue weighted by molar-refractivity contribution is -0.119. The third-order valence-corrected chi connectivity index (χ3v) is 3.69. The van der Waals surface area contributed by atoms with Crippen LogP contribution in [0.1, 0.15) is 31.1 Å². The minimum absolute atomic E-state index is 0. The van der Waals surface area contributed by atoms with Gasteiger partial charge in [-0.05, 0) is 41.8 Å². The van der Waals surface area contributed by atoms with Crippen molar-refractivity contribution in [3.05, 3.63) is 59.9 Å². The molecule has 0 aliphatic rings. The summed E-state index contributed by atoms with van der Waals surface area (Å²) in [6.07, 6.45) is 0. The number of hydrogen-bond acceptors (Lipinski definition) is 3. The third-order valence-electron chi connectivity index (χ3n) is 3.69. The van der Waals surface area contributed by atoms with Gasteiger partial charge in [0, 0.05) is 16.9 Å². The SMILES string of the molecule is CC(C)(C)[C@H](N)C(=O)Nc1cccc(C(=O)Nc2cccc(F)c2)c1.Cl. The van der Waals surface area contributed by atoms with Gasteiger partial charge >= 0.3 is 0 Å². The van der Waals surface area contributed by atoms with E-state index >= 15 is 0 Å². The lowest BCUT2D eigenvalue weighted by Crippen LogP contribution is -2.45. The Bertz CT molecular complexity index is 790. The number of benzene rings is 2. The van der Waals surface area contributed by atoms with E-state index in [4.69, 9.17) is 5.73 Å². The lowest BCUT2D eigenvalue weighted by Gasteiger charge is -2.25. The van der Waals surface area contributed by atoms with Crippen LogP contribution in [0.4, 0.5) is 15.8 Å². The molecule has 0 spiro atoms. The highest BCUT2D eigenvalue weighted by molar-refractivity contribution is 6.05. The molecular formula is C19H23ClFN3O2. The monoisotopic (exact) mass is 379 g/mol. The number of carbonyl (C=O) groups is 2. The summed E-state index contributed by atoms with van der Waals surface area (Å²) in [5.41, 5.74) is 6.71. The van der Waals surface area contributed by atoms with Crippen LogP contribution in [0, 0.1) is 11.2 Å². The second-order valence-corrected chi connectivity index (χ2v) is 6.88. The molecule has 26 heavy (non-hydrogen) atoms. The van der Waals surface area contributed by atoms with Gasteiger partial charge in [0.15, 0.2) is 0 Å². The first-order valence-corrected chi connectivity index (χ1v) is 7.90. The quantitative estimate of drug-likeness (QED) is 0.755.